The second kappa shape index (κ2) is 9.42. The number of nitrogens with two attached hydrogens (primary N) is 3. The molecule has 0 aliphatic heterocycles. The summed E-state index contributed by atoms with van der Waals surface area (Å²) in [6.45, 7) is 1.82. The normalized spacial score (nSPS) is 19.3. The number of hydrogen-bond acceptors (Lipinski definition) is 5. The number of halogens is 3. The van der Waals surface area contributed by atoms with E-state index in [4.69, 9.17) is 17.2 Å². The molecule has 1 saturated carbocycles. The molecule has 6 N–H and O–H groups in total. The predicted octanol–water partition coefficient (Wildman–Crippen LogP) is 5.07. The first kappa shape index (κ1) is 23.7. The first-order valence-electron chi connectivity index (χ1n) is 11.1. The lowest BCUT2D eigenvalue weighted by Crippen LogP contribution is -2.26. The van der Waals surface area contributed by atoms with Gasteiger partial charge in [0.25, 0.3) is 0 Å². The minimum Gasteiger partial charge on any atom is -0.398 e. The van der Waals surface area contributed by atoms with E-state index in [2.05, 4.69) is 15.0 Å². The minimum atomic E-state index is -4.55. The van der Waals surface area contributed by atoms with Gasteiger partial charge in [-0.05, 0) is 50.8 Å². The van der Waals surface area contributed by atoms with Crippen LogP contribution in [0.25, 0.3) is 11.4 Å². The van der Waals surface area contributed by atoms with Crippen molar-refractivity contribution in [2.75, 3.05) is 5.73 Å². The molecule has 178 valence electrons. The predicted molar refractivity (Wildman–Crippen MR) is 128 cm³/mol. The molecule has 0 spiro atoms. The van der Waals surface area contributed by atoms with Crippen molar-refractivity contribution < 1.29 is 13.2 Å². The Kier molecular flexibility index (Phi) is 6.56. The summed E-state index contributed by atoms with van der Waals surface area (Å²) < 4.78 is 41.3. The van der Waals surface area contributed by atoms with Gasteiger partial charge in [-0.1, -0.05) is 30.3 Å². The maximum Gasteiger partial charge on any atom is 0.417 e. The van der Waals surface area contributed by atoms with E-state index in [9.17, 15) is 13.2 Å². The van der Waals surface area contributed by atoms with Crippen LogP contribution in [0.15, 0.2) is 53.5 Å². The molecule has 34 heavy (non-hydrogen) atoms. The number of nitrogens with zero attached hydrogens (tertiary/aromatic N) is 3. The van der Waals surface area contributed by atoms with Crippen LogP contribution in [-0.4, -0.2) is 21.8 Å². The molecule has 2 aromatic carbocycles. The van der Waals surface area contributed by atoms with Crippen molar-refractivity contribution in [1.82, 2.24) is 9.97 Å². The first-order chi connectivity index (χ1) is 16.1. The molecule has 1 heterocycles. The summed E-state index contributed by atoms with van der Waals surface area (Å²) in [7, 11) is 0. The van der Waals surface area contributed by atoms with E-state index in [0.29, 0.717) is 22.5 Å². The third-order valence-electron chi connectivity index (χ3n) is 6.25. The number of aliphatic imine (C=N–C) groups is 1. The average Bonchev–Trinajstić information content (AvgIpc) is 2.81. The van der Waals surface area contributed by atoms with E-state index in [1.165, 1.54) is 18.2 Å². The highest BCUT2D eigenvalue weighted by molar-refractivity contribution is 6.03. The number of rotatable bonds is 4. The highest BCUT2D eigenvalue weighted by atomic mass is 19.4. The summed E-state index contributed by atoms with van der Waals surface area (Å²) in [5, 5.41) is 0. The van der Waals surface area contributed by atoms with Gasteiger partial charge in [-0.15, -0.1) is 0 Å². The van der Waals surface area contributed by atoms with E-state index in [0.717, 1.165) is 31.7 Å². The van der Waals surface area contributed by atoms with Crippen molar-refractivity contribution in [3.05, 3.63) is 70.9 Å². The second-order valence-corrected chi connectivity index (χ2v) is 8.62. The van der Waals surface area contributed by atoms with Gasteiger partial charge in [0.15, 0.2) is 11.6 Å². The van der Waals surface area contributed by atoms with Crippen molar-refractivity contribution in [3.63, 3.8) is 0 Å². The summed E-state index contributed by atoms with van der Waals surface area (Å²) in [5.41, 5.74) is 19.8. The molecular weight excluding hydrogens is 441 g/mol. The van der Waals surface area contributed by atoms with Gasteiger partial charge >= 0.3 is 6.18 Å². The van der Waals surface area contributed by atoms with Gasteiger partial charge in [-0.2, -0.15) is 13.2 Å². The van der Waals surface area contributed by atoms with Crippen molar-refractivity contribution in [2.45, 2.75) is 50.7 Å². The molecule has 1 aliphatic carbocycles. The summed E-state index contributed by atoms with van der Waals surface area (Å²) in [6.07, 6.45) is -1.31. The van der Waals surface area contributed by atoms with Gasteiger partial charge in [0, 0.05) is 34.3 Å². The molecule has 1 fully saturated rings. The number of aromatic nitrogens is 2. The Morgan fingerprint density at radius 3 is 2.29 bits per heavy atom. The fraction of sp³-hybridized carbons (Fsp3) is 0.320. The van der Waals surface area contributed by atoms with E-state index in [1.807, 2.05) is 6.92 Å². The number of alkyl halides is 3. The smallest absolute Gasteiger partial charge is 0.398 e. The highest BCUT2D eigenvalue weighted by Crippen LogP contribution is 2.39. The zero-order valence-electron chi connectivity index (χ0n) is 18.8. The molecule has 0 amide bonds. The number of anilines is 1. The fourth-order valence-corrected chi connectivity index (χ4v) is 4.37. The molecule has 0 bridgehead atoms. The zero-order valence-corrected chi connectivity index (χ0v) is 18.8. The minimum absolute atomic E-state index is 0.0315. The van der Waals surface area contributed by atoms with Crippen LogP contribution in [0.1, 0.15) is 54.0 Å². The molecule has 3 aromatic rings. The monoisotopic (exact) mass is 468 g/mol. The molecular formula is C25H27F3N6. The van der Waals surface area contributed by atoms with Gasteiger partial charge in [-0.3, -0.25) is 0 Å². The Balaban J connectivity index is 1.89. The third-order valence-corrected chi connectivity index (χ3v) is 6.25. The maximum absolute atomic E-state index is 13.8. The van der Waals surface area contributed by atoms with Gasteiger partial charge in [0.2, 0.25) is 0 Å². The van der Waals surface area contributed by atoms with Crippen LogP contribution in [0.2, 0.25) is 0 Å². The molecule has 0 radical (unpaired) electrons. The van der Waals surface area contributed by atoms with Gasteiger partial charge in [0.05, 0.1) is 11.3 Å². The van der Waals surface area contributed by atoms with Gasteiger partial charge in [0.1, 0.15) is 5.84 Å². The third kappa shape index (κ3) is 4.89. The van der Waals surface area contributed by atoms with E-state index < -0.39 is 11.7 Å². The Morgan fingerprint density at radius 2 is 1.62 bits per heavy atom. The molecule has 0 atom stereocenters. The second-order valence-electron chi connectivity index (χ2n) is 8.62. The van der Waals surface area contributed by atoms with E-state index >= 15 is 0 Å². The number of nitrogen functional groups attached to an aromatic ring is 1. The van der Waals surface area contributed by atoms with Crippen LogP contribution in [-0.2, 0) is 6.18 Å². The summed E-state index contributed by atoms with van der Waals surface area (Å²) >= 11 is 0. The molecule has 4 rings (SSSR count). The van der Waals surface area contributed by atoms with Crippen LogP contribution >= 0.6 is 0 Å². The Bertz CT molecular complexity index is 1210. The van der Waals surface area contributed by atoms with Crippen LogP contribution < -0.4 is 17.2 Å². The number of para-hydroxylation sites is 1. The quantitative estimate of drug-likeness (QED) is 0.281. The maximum atomic E-state index is 13.8. The van der Waals surface area contributed by atoms with Gasteiger partial charge < -0.3 is 17.2 Å². The van der Waals surface area contributed by atoms with Crippen molar-refractivity contribution in [2.24, 2.45) is 16.5 Å². The Labute approximate surface area is 196 Å². The van der Waals surface area contributed by atoms with Crippen LogP contribution in [0.5, 0.6) is 0 Å². The molecule has 0 saturated heterocycles. The standard InChI is InChI=1S/C25H27F3N6/c1-14-21(15-10-12-16(29)13-11-15)32-24(17-6-2-4-8-19(17)25(26,27)28)34-23(14)33-22(31)18-7-3-5-9-20(18)30/h2-9,15-16H,10-13,29-30H2,1H3,(H2,31,32,33,34). The number of amidine groups is 1. The lowest BCUT2D eigenvalue weighted by atomic mass is 9.83. The van der Waals surface area contributed by atoms with Crippen molar-refractivity contribution in [3.8, 4) is 11.4 Å². The zero-order chi connectivity index (χ0) is 24.5. The Morgan fingerprint density at radius 1 is 0.971 bits per heavy atom. The van der Waals surface area contributed by atoms with Crippen LogP contribution in [0.3, 0.4) is 0 Å². The SMILES string of the molecule is Cc1c(N=C(N)c2ccccc2N)nc(-c2ccccc2C(F)(F)F)nc1C1CCC(N)CC1. The van der Waals surface area contributed by atoms with Crippen LogP contribution in [0.4, 0.5) is 24.7 Å². The topological polar surface area (TPSA) is 116 Å². The summed E-state index contributed by atoms with van der Waals surface area (Å²) in [5.74, 6) is 0.381. The largest absolute Gasteiger partial charge is 0.417 e. The number of benzene rings is 2. The summed E-state index contributed by atoms with van der Waals surface area (Å²) in [6, 6.07) is 12.4. The lowest BCUT2D eigenvalue weighted by molar-refractivity contribution is -0.137. The summed E-state index contributed by atoms with van der Waals surface area (Å²) in [4.78, 5) is 13.6. The first-order valence-corrected chi connectivity index (χ1v) is 11.1. The number of hydrogen-bond donors (Lipinski definition) is 3. The van der Waals surface area contributed by atoms with E-state index in [1.54, 1.807) is 24.3 Å². The molecule has 1 aromatic heterocycles. The molecule has 1 aliphatic rings. The van der Waals surface area contributed by atoms with E-state index in [-0.39, 0.29) is 35.0 Å². The van der Waals surface area contributed by atoms with Gasteiger partial charge in [-0.25, -0.2) is 15.0 Å². The average molecular weight is 469 g/mol. The van der Waals surface area contributed by atoms with Crippen molar-refractivity contribution >= 4 is 17.3 Å². The lowest BCUT2D eigenvalue weighted by Gasteiger charge is -2.27. The fourth-order valence-electron chi connectivity index (χ4n) is 4.37. The Hall–Kier alpha value is -3.46. The van der Waals surface area contributed by atoms with Crippen molar-refractivity contribution in [1.29, 1.82) is 0 Å². The van der Waals surface area contributed by atoms with Crippen LogP contribution in [0, 0.1) is 6.92 Å². The highest BCUT2D eigenvalue weighted by Gasteiger charge is 2.35. The molecule has 9 heteroatoms. The molecule has 6 nitrogen and oxygen atoms in total. The molecule has 0 unspecified atom stereocenters.